The summed E-state index contributed by atoms with van der Waals surface area (Å²) in [4.78, 5) is 24.6. The van der Waals surface area contributed by atoms with Crippen LogP contribution in [0.5, 0.6) is 0 Å². The fraction of sp³-hybridized carbons (Fsp3) is 0.813. The number of allylic oxidation sites excluding steroid dienone is 12. The zero-order valence-corrected chi connectivity index (χ0v) is 53.6. The number of carbonyl (C=O) groups is 2. The number of hydrogen-bond donors (Lipinski definition) is 1. The van der Waals surface area contributed by atoms with Gasteiger partial charge in [-0.1, -0.05) is 350 Å². The largest absolute Gasteiger partial charge is 0.462 e. The predicted molar refractivity (Wildman–Crippen MR) is 353 cm³/mol. The quantitative estimate of drug-likeness (QED) is 0.0373. The molecule has 1 atom stereocenters. The summed E-state index contributed by atoms with van der Waals surface area (Å²) in [6.45, 7) is 4.06. The van der Waals surface area contributed by atoms with Crippen molar-refractivity contribution in [3.05, 3.63) is 72.9 Å². The van der Waals surface area contributed by atoms with Gasteiger partial charge < -0.3 is 14.6 Å². The summed E-state index contributed by atoms with van der Waals surface area (Å²) in [7, 11) is 0. The van der Waals surface area contributed by atoms with E-state index < -0.39 is 6.10 Å². The van der Waals surface area contributed by atoms with E-state index in [0.717, 1.165) is 70.6 Å². The van der Waals surface area contributed by atoms with Crippen molar-refractivity contribution in [2.75, 3.05) is 13.2 Å². The Hall–Kier alpha value is -2.66. The minimum Gasteiger partial charge on any atom is -0.462 e. The first kappa shape index (κ1) is 77.3. The second kappa shape index (κ2) is 70.6. The molecule has 80 heavy (non-hydrogen) atoms. The highest BCUT2D eigenvalue weighted by molar-refractivity contribution is 5.70. The van der Waals surface area contributed by atoms with Crippen LogP contribution in [-0.4, -0.2) is 36.4 Å². The predicted octanol–water partition coefficient (Wildman–Crippen LogP) is 24.7. The normalized spacial score (nSPS) is 12.6. The summed E-state index contributed by atoms with van der Waals surface area (Å²) in [5.74, 6) is -0.576. The lowest BCUT2D eigenvalue weighted by Gasteiger charge is -2.15. The van der Waals surface area contributed by atoms with Crippen LogP contribution in [0.1, 0.15) is 373 Å². The molecule has 0 fully saturated rings. The van der Waals surface area contributed by atoms with Crippen LogP contribution in [0.4, 0.5) is 0 Å². The van der Waals surface area contributed by atoms with E-state index in [-0.39, 0.29) is 25.2 Å². The van der Waals surface area contributed by atoms with Crippen molar-refractivity contribution in [1.82, 2.24) is 0 Å². The van der Waals surface area contributed by atoms with Crippen molar-refractivity contribution in [3.8, 4) is 0 Å². The highest BCUT2D eigenvalue weighted by atomic mass is 16.6. The zero-order chi connectivity index (χ0) is 57.6. The summed E-state index contributed by atoms with van der Waals surface area (Å²) in [6.07, 6.45) is 98.1. The summed E-state index contributed by atoms with van der Waals surface area (Å²) >= 11 is 0. The van der Waals surface area contributed by atoms with Gasteiger partial charge in [-0.25, -0.2) is 0 Å². The SMILES string of the molecule is CC/C=C\C/C=C\C/C=C\C/C=C\CCCCCCCCCCCCCCC(=O)OC(CO)COC(=O)CCCCCCCCCCCCCCCCCCCCCCCCCCCCCCC/C=C\C/C=C\CCCCCCC. The molecule has 0 heterocycles. The smallest absolute Gasteiger partial charge is 0.306 e. The first-order valence-corrected chi connectivity index (χ1v) is 35.5. The zero-order valence-electron chi connectivity index (χ0n) is 53.6. The lowest BCUT2D eigenvalue weighted by atomic mass is 10.0. The summed E-state index contributed by atoms with van der Waals surface area (Å²) in [6, 6.07) is 0. The van der Waals surface area contributed by atoms with Gasteiger partial charge in [-0.05, 0) is 83.5 Å². The first-order valence-electron chi connectivity index (χ1n) is 35.5. The molecule has 0 radical (unpaired) electrons. The minimum absolute atomic E-state index is 0.0641. The molecule has 0 aliphatic rings. The maximum Gasteiger partial charge on any atom is 0.306 e. The third kappa shape index (κ3) is 67.8. The first-order chi connectivity index (χ1) is 39.6. The molecule has 0 aromatic rings. The molecular formula is C75H136O5. The molecule has 0 spiro atoms. The van der Waals surface area contributed by atoms with Gasteiger partial charge in [-0.2, -0.15) is 0 Å². The second-order valence-corrected chi connectivity index (χ2v) is 23.9. The van der Waals surface area contributed by atoms with E-state index in [4.69, 9.17) is 9.47 Å². The van der Waals surface area contributed by atoms with Gasteiger partial charge in [0, 0.05) is 12.8 Å². The van der Waals surface area contributed by atoms with Crippen LogP contribution in [0, 0.1) is 0 Å². The highest BCUT2D eigenvalue weighted by Crippen LogP contribution is 2.19. The van der Waals surface area contributed by atoms with Crippen LogP contribution in [0.3, 0.4) is 0 Å². The standard InChI is InChI=1S/C75H136O5/c1-3-5-7-9-11-13-15-17-19-21-23-25-27-29-30-31-32-33-34-35-36-37-38-39-40-41-42-43-44-46-47-49-51-53-55-57-59-61-63-65-67-69-74(77)79-72-73(71-76)80-75(78)70-68-66-64-62-60-58-56-54-52-50-48-45-28-26-24-22-20-18-16-14-12-10-8-6-4-2/h6,8,12,14-15,17-18,20-21,23-24,26,73,76H,3-5,7,9-11,13,16,19,22,25,27-72H2,1-2H3/b8-6-,14-12-,17-15-,20-18-,23-21-,26-24-. The van der Waals surface area contributed by atoms with E-state index in [1.165, 1.54) is 276 Å². The van der Waals surface area contributed by atoms with E-state index >= 15 is 0 Å². The third-order valence-electron chi connectivity index (χ3n) is 16.0. The second-order valence-electron chi connectivity index (χ2n) is 23.9. The van der Waals surface area contributed by atoms with Gasteiger partial charge in [0.2, 0.25) is 0 Å². The highest BCUT2D eigenvalue weighted by Gasteiger charge is 2.16. The average Bonchev–Trinajstić information content (AvgIpc) is 3.46. The van der Waals surface area contributed by atoms with Gasteiger partial charge in [0.1, 0.15) is 6.61 Å². The van der Waals surface area contributed by atoms with E-state index in [2.05, 4.69) is 86.8 Å². The maximum absolute atomic E-state index is 12.3. The molecule has 0 aromatic carbocycles. The van der Waals surface area contributed by atoms with E-state index in [0.29, 0.717) is 12.8 Å². The van der Waals surface area contributed by atoms with E-state index in [9.17, 15) is 14.7 Å². The van der Waals surface area contributed by atoms with Crippen LogP contribution in [0.25, 0.3) is 0 Å². The third-order valence-corrected chi connectivity index (χ3v) is 16.0. The van der Waals surface area contributed by atoms with Crippen molar-refractivity contribution in [2.24, 2.45) is 0 Å². The summed E-state index contributed by atoms with van der Waals surface area (Å²) in [5.41, 5.74) is 0. The van der Waals surface area contributed by atoms with Gasteiger partial charge in [0.15, 0.2) is 6.10 Å². The Labute approximate surface area is 499 Å². The van der Waals surface area contributed by atoms with E-state index in [1.54, 1.807) is 0 Å². The lowest BCUT2D eigenvalue weighted by molar-refractivity contribution is -0.161. The molecular weight excluding hydrogens is 981 g/mol. The molecule has 0 rings (SSSR count). The minimum atomic E-state index is -0.775. The van der Waals surface area contributed by atoms with Crippen molar-refractivity contribution < 1.29 is 24.2 Å². The Morgan fingerprint density at radius 2 is 0.537 bits per heavy atom. The number of aliphatic hydroxyl groups excluding tert-OH is 1. The number of carbonyl (C=O) groups excluding carboxylic acids is 2. The molecule has 5 nitrogen and oxygen atoms in total. The molecule has 0 bridgehead atoms. The van der Waals surface area contributed by atoms with Crippen molar-refractivity contribution in [1.29, 1.82) is 0 Å². The van der Waals surface area contributed by atoms with Crippen molar-refractivity contribution in [2.45, 2.75) is 380 Å². The molecule has 1 N–H and O–H groups in total. The summed E-state index contributed by atoms with van der Waals surface area (Å²) in [5, 5.41) is 9.70. The van der Waals surface area contributed by atoms with Crippen LogP contribution >= 0.6 is 0 Å². The topological polar surface area (TPSA) is 72.8 Å². The number of rotatable bonds is 66. The van der Waals surface area contributed by atoms with Crippen LogP contribution in [0.2, 0.25) is 0 Å². The maximum atomic E-state index is 12.3. The van der Waals surface area contributed by atoms with Gasteiger partial charge in [-0.3, -0.25) is 9.59 Å². The van der Waals surface area contributed by atoms with Crippen molar-refractivity contribution in [3.63, 3.8) is 0 Å². The van der Waals surface area contributed by atoms with Crippen molar-refractivity contribution >= 4 is 11.9 Å². The van der Waals surface area contributed by atoms with E-state index in [1.807, 2.05) is 0 Å². The molecule has 0 aromatic heterocycles. The number of aliphatic hydroxyl groups is 1. The van der Waals surface area contributed by atoms with Crippen LogP contribution in [-0.2, 0) is 19.1 Å². The molecule has 0 saturated carbocycles. The number of ether oxygens (including phenoxy) is 2. The molecule has 0 aliphatic carbocycles. The number of esters is 2. The number of unbranched alkanes of at least 4 members (excludes halogenated alkanes) is 46. The molecule has 0 amide bonds. The Morgan fingerprint density at radius 3 is 0.812 bits per heavy atom. The number of hydrogen-bond acceptors (Lipinski definition) is 5. The molecule has 0 aliphatic heterocycles. The van der Waals surface area contributed by atoms with Gasteiger partial charge in [0.25, 0.3) is 0 Å². The molecule has 5 heteroatoms. The Kier molecular flexibility index (Phi) is 68.3. The fourth-order valence-electron chi connectivity index (χ4n) is 10.7. The van der Waals surface area contributed by atoms with Gasteiger partial charge in [0.05, 0.1) is 6.61 Å². The molecule has 466 valence electrons. The van der Waals surface area contributed by atoms with Gasteiger partial charge >= 0.3 is 11.9 Å². The van der Waals surface area contributed by atoms with Gasteiger partial charge in [-0.15, -0.1) is 0 Å². The Morgan fingerprint density at radius 1 is 0.300 bits per heavy atom. The Bertz CT molecular complexity index is 1400. The summed E-state index contributed by atoms with van der Waals surface area (Å²) < 4.78 is 10.8. The molecule has 0 saturated heterocycles. The molecule has 1 unspecified atom stereocenters. The van der Waals surface area contributed by atoms with Crippen LogP contribution < -0.4 is 0 Å². The monoisotopic (exact) mass is 1120 g/mol. The lowest BCUT2D eigenvalue weighted by Crippen LogP contribution is -2.28. The van der Waals surface area contributed by atoms with Crippen LogP contribution in [0.15, 0.2) is 72.9 Å². The average molecular weight is 1120 g/mol. The fourth-order valence-corrected chi connectivity index (χ4v) is 10.7. The Balaban J connectivity index is 3.38.